The summed E-state index contributed by atoms with van der Waals surface area (Å²) in [6.07, 6.45) is 4.43. The van der Waals surface area contributed by atoms with Gasteiger partial charge in [0.25, 0.3) is 22.0 Å². The summed E-state index contributed by atoms with van der Waals surface area (Å²) in [5.41, 5.74) is -1.25. The number of amides is 1. The third-order valence-corrected chi connectivity index (χ3v) is 13.4. The molecule has 7 rings (SSSR count). The van der Waals surface area contributed by atoms with Crippen LogP contribution in [0.1, 0.15) is 70.2 Å². The van der Waals surface area contributed by atoms with Gasteiger partial charge in [0.2, 0.25) is 0 Å². The molecule has 17 heteroatoms. The second-order valence-electron chi connectivity index (χ2n) is 15.5. The van der Waals surface area contributed by atoms with E-state index < -0.39 is 21.7 Å². The number of alkyl halides is 1. The second kappa shape index (κ2) is 14.6. The Bertz CT molecular complexity index is 1670. The van der Waals surface area contributed by atoms with E-state index in [0.29, 0.717) is 25.5 Å². The number of halogens is 3. The number of ether oxygens (including phenoxy) is 1. The second-order valence-corrected chi connectivity index (χ2v) is 17.4. The van der Waals surface area contributed by atoms with Crippen LogP contribution in [0.5, 0.6) is 11.6 Å². The number of benzene rings is 1. The van der Waals surface area contributed by atoms with Gasteiger partial charge < -0.3 is 24.8 Å². The van der Waals surface area contributed by atoms with Crippen molar-refractivity contribution in [3.05, 3.63) is 35.9 Å². The SMILES string of the molecule is CC(C)N(C(=O)c1cc(F)ccc1Oc1nncnc1N1CC2(CCN(CC3(F)CCN(S(=O)(=O)N4C[C@@H]5C[C@H]4CN5)CC3)CC2)C1)C(C)C.Cl. The molecule has 5 aliphatic rings. The van der Waals surface area contributed by atoms with E-state index >= 15 is 4.39 Å². The van der Waals surface area contributed by atoms with Crippen LogP contribution in [0.15, 0.2) is 24.5 Å². The van der Waals surface area contributed by atoms with Crippen molar-refractivity contribution in [2.45, 2.75) is 89.6 Å². The standard InChI is InChI=1S/C34H49F2N9O4S.ClH/c1-23(2)45(24(3)4)32(46)28-15-25(35)5-6-29(28)49-31-30(38-22-39-40-31)42-19-33(20-42)7-11-41(12-8-33)21-34(36)9-13-43(14-10-34)50(47,48)44-18-26-16-27(44)17-37-26;/h5-6,15,22-24,26-27,37H,7-14,16-21H2,1-4H3;1H/t26-,27-;/m0./s1. The molecule has 0 radical (unpaired) electrons. The van der Waals surface area contributed by atoms with E-state index in [1.54, 1.807) is 9.21 Å². The molecule has 5 fully saturated rings. The molecule has 51 heavy (non-hydrogen) atoms. The number of anilines is 1. The molecule has 0 aliphatic carbocycles. The third kappa shape index (κ3) is 7.54. The number of hydrogen-bond acceptors (Lipinski definition) is 10. The van der Waals surface area contributed by atoms with Gasteiger partial charge in [0.1, 0.15) is 23.6 Å². The molecule has 1 aromatic heterocycles. The van der Waals surface area contributed by atoms with Gasteiger partial charge >= 0.3 is 0 Å². The van der Waals surface area contributed by atoms with Crippen molar-refractivity contribution >= 4 is 34.3 Å². The number of carbonyl (C=O) groups excluding carboxylic acids is 1. The minimum atomic E-state index is -3.57. The lowest BCUT2D eigenvalue weighted by atomic mass is 9.72. The maximum atomic E-state index is 16.1. The Labute approximate surface area is 305 Å². The molecule has 1 aromatic carbocycles. The number of nitrogens with one attached hydrogen (secondary N) is 1. The first-order valence-electron chi connectivity index (χ1n) is 17.9. The number of piperazine rings is 1. The lowest BCUT2D eigenvalue weighted by Gasteiger charge is -2.55. The summed E-state index contributed by atoms with van der Waals surface area (Å²) >= 11 is 0. The van der Waals surface area contributed by atoms with Gasteiger partial charge in [-0.15, -0.1) is 22.6 Å². The number of rotatable bonds is 10. The van der Waals surface area contributed by atoms with Gasteiger partial charge in [-0.2, -0.15) is 17.0 Å². The normalized spacial score (nSPS) is 24.9. The van der Waals surface area contributed by atoms with Gasteiger partial charge in [0.05, 0.1) is 5.56 Å². The molecule has 1 N–H and O–H groups in total. The fraction of sp³-hybridized carbons (Fsp3) is 0.706. The van der Waals surface area contributed by atoms with E-state index in [1.165, 1.54) is 28.8 Å². The van der Waals surface area contributed by atoms with Crippen molar-refractivity contribution < 1.29 is 26.7 Å². The van der Waals surface area contributed by atoms with Gasteiger partial charge in [0.15, 0.2) is 5.82 Å². The summed E-state index contributed by atoms with van der Waals surface area (Å²) in [6.45, 7) is 12.6. The highest BCUT2D eigenvalue weighted by atomic mass is 35.5. The summed E-state index contributed by atoms with van der Waals surface area (Å²) in [5, 5.41) is 11.5. The fourth-order valence-corrected chi connectivity index (χ4v) is 10.5. The summed E-state index contributed by atoms with van der Waals surface area (Å²) in [6, 6.07) is 3.91. The highest BCUT2D eigenvalue weighted by Crippen LogP contribution is 2.45. The topological polar surface area (TPSA) is 127 Å². The van der Waals surface area contributed by atoms with Crippen LogP contribution >= 0.6 is 12.4 Å². The maximum absolute atomic E-state index is 16.1. The van der Waals surface area contributed by atoms with Crippen LogP contribution in [0.3, 0.4) is 0 Å². The smallest absolute Gasteiger partial charge is 0.282 e. The summed E-state index contributed by atoms with van der Waals surface area (Å²) in [5.74, 6) is -0.0559. The van der Waals surface area contributed by atoms with Gasteiger partial charge in [-0.3, -0.25) is 4.79 Å². The molecule has 0 unspecified atom stereocenters. The Morgan fingerprint density at radius 3 is 2.37 bits per heavy atom. The first-order chi connectivity index (χ1) is 23.8. The van der Waals surface area contributed by atoms with Crippen LogP contribution in [0, 0.1) is 11.2 Å². The Balaban J connectivity index is 0.00000448. The maximum Gasteiger partial charge on any atom is 0.282 e. The van der Waals surface area contributed by atoms with Crippen molar-refractivity contribution in [3.63, 3.8) is 0 Å². The van der Waals surface area contributed by atoms with Crippen molar-refractivity contribution in [3.8, 4) is 11.6 Å². The summed E-state index contributed by atoms with van der Waals surface area (Å²) in [7, 11) is -3.57. The van der Waals surface area contributed by atoms with Crippen molar-refractivity contribution in [2.75, 3.05) is 63.8 Å². The number of hydrogen-bond donors (Lipinski definition) is 1. The Hall–Kier alpha value is -2.76. The van der Waals surface area contributed by atoms with Crippen molar-refractivity contribution in [1.29, 1.82) is 0 Å². The quantitative estimate of drug-likeness (QED) is 0.386. The number of aromatic nitrogens is 3. The first kappa shape index (κ1) is 38.0. The summed E-state index contributed by atoms with van der Waals surface area (Å²) < 4.78 is 66.3. The third-order valence-electron chi connectivity index (χ3n) is 11.3. The molecular weight excluding hydrogens is 704 g/mol. The molecule has 6 heterocycles. The number of likely N-dealkylation sites (tertiary alicyclic amines) is 1. The van der Waals surface area contributed by atoms with Gasteiger partial charge in [0, 0.05) is 75.4 Å². The van der Waals surface area contributed by atoms with Crippen LogP contribution in [-0.4, -0.2) is 137 Å². The largest absolute Gasteiger partial charge is 0.434 e. The predicted octanol–water partition coefficient (Wildman–Crippen LogP) is 3.48. The molecule has 5 saturated heterocycles. The summed E-state index contributed by atoms with van der Waals surface area (Å²) in [4.78, 5) is 23.9. The minimum absolute atomic E-state index is 0. The highest BCUT2D eigenvalue weighted by molar-refractivity contribution is 7.86. The molecule has 0 saturated carbocycles. The van der Waals surface area contributed by atoms with Crippen molar-refractivity contribution in [1.82, 2.24) is 38.9 Å². The van der Waals surface area contributed by atoms with Crippen LogP contribution in [-0.2, 0) is 10.2 Å². The predicted molar refractivity (Wildman–Crippen MR) is 191 cm³/mol. The number of piperidine rings is 2. The zero-order valence-electron chi connectivity index (χ0n) is 29.8. The molecular formula is C34H50ClF2N9O4S. The van der Waals surface area contributed by atoms with E-state index in [2.05, 4.69) is 30.3 Å². The van der Waals surface area contributed by atoms with E-state index in [1.807, 2.05) is 27.7 Å². The molecule has 1 amide bonds. The molecule has 5 aliphatic heterocycles. The molecule has 2 atom stereocenters. The Morgan fingerprint density at radius 1 is 1.08 bits per heavy atom. The average Bonchev–Trinajstić information content (AvgIpc) is 3.70. The number of carbonyl (C=O) groups is 1. The lowest BCUT2D eigenvalue weighted by Crippen LogP contribution is -2.62. The molecule has 2 bridgehead atoms. The van der Waals surface area contributed by atoms with Gasteiger partial charge in [-0.05, 0) is 91.1 Å². The first-order valence-corrected chi connectivity index (χ1v) is 19.3. The highest BCUT2D eigenvalue weighted by Gasteiger charge is 2.50. The molecule has 13 nitrogen and oxygen atoms in total. The molecule has 2 aromatic rings. The van der Waals surface area contributed by atoms with E-state index in [9.17, 15) is 17.6 Å². The van der Waals surface area contributed by atoms with Crippen LogP contribution < -0.4 is 15.0 Å². The van der Waals surface area contributed by atoms with Crippen LogP contribution in [0.4, 0.5) is 14.6 Å². The lowest BCUT2D eigenvalue weighted by molar-refractivity contribution is 0.00810. The van der Waals surface area contributed by atoms with Crippen LogP contribution in [0.25, 0.3) is 0 Å². The van der Waals surface area contributed by atoms with E-state index in [-0.39, 0.29) is 91.0 Å². The molecule has 282 valence electrons. The Kier molecular flexibility index (Phi) is 10.9. The minimum Gasteiger partial charge on any atom is -0.434 e. The zero-order valence-corrected chi connectivity index (χ0v) is 31.4. The van der Waals surface area contributed by atoms with Crippen molar-refractivity contribution in [2.24, 2.45) is 5.41 Å². The number of fused-ring (bicyclic) bond motifs is 2. The van der Waals surface area contributed by atoms with Gasteiger partial charge in [-0.1, -0.05) is 0 Å². The molecule has 1 spiro atoms. The van der Waals surface area contributed by atoms with E-state index in [4.69, 9.17) is 4.74 Å². The van der Waals surface area contributed by atoms with Crippen LogP contribution in [0.2, 0.25) is 0 Å². The fourth-order valence-electron chi connectivity index (χ4n) is 8.65. The number of nitrogens with zero attached hydrogens (tertiary/aromatic N) is 8. The zero-order chi connectivity index (χ0) is 35.4. The monoisotopic (exact) mass is 753 g/mol. The average molecular weight is 754 g/mol. The van der Waals surface area contributed by atoms with E-state index in [0.717, 1.165) is 45.4 Å². The van der Waals surface area contributed by atoms with Gasteiger partial charge in [-0.25, -0.2) is 13.8 Å². The Morgan fingerprint density at radius 2 is 1.76 bits per heavy atom.